The summed E-state index contributed by atoms with van der Waals surface area (Å²) < 4.78 is 1.85. The monoisotopic (exact) mass is 312 g/mol. The predicted molar refractivity (Wildman–Crippen MR) is 96.3 cm³/mol. The molecule has 0 unspecified atom stereocenters. The van der Waals surface area contributed by atoms with Crippen molar-refractivity contribution in [3.05, 3.63) is 90.0 Å². The van der Waals surface area contributed by atoms with Crippen LogP contribution < -0.4 is 0 Å². The van der Waals surface area contributed by atoms with Crippen LogP contribution in [0.4, 0.5) is 0 Å². The zero-order chi connectivity index (χ0) is 16.6. The van der Waals surface area contributed by atoms with E-state index >= 15 is 0 Å². The molecular formula is C21H18N3. The van der Waals surface area contributed by atoms with Crippen LogP contribution in [0.1, 0.15) is 25.0 Å². The average Bonchev–Trinajstić information content (AvgIpc) is 3.07. The molecule has 0 aliphatic heterocycles. The van der Waals surface area contributed by atoms with Gasteiger partial charge >= 0.3 is 0 Å². The molecule has 1 heterocycles. The van der Waals surface area contributed by atoms with Crippen LogP contribution in [0.5, 0.6) is 0 Å². The van der Waals surface area contributed by atoms with E-state index in [2.05, 4.69) is 66.6 Å². The second kappa shape index (κ2) is 5.60. The molecule has 4 rings (SSSR count). The Kier molecular flexibility index (Phi) is 3.42. The van der Waals surface area contributed by atoms with E-state index in [4.69, 9.17) is 0 Å². The lowest BCUT2D eigenvalue weighted by Gasteiger charge is -2.26. The van der Waals surface area contributed by atoms with Gasteiger partial charge in [0.1, 0.15) is 5.52 Å². The maximum atomic E-state index is 4.30. The summed E-state index contributed by atoms with van der Waals surface area (Å²) in [6.45, 7) is 4.47. The first-order chi connectivity index (χ1) is 11.7. The molecule has 1 aromatic heterocycles. The number of para-hydroxylation sites is 1. The maximum absolute atomic E-state index is 4.30. The van der Waals surface area contributed by atoms with Gasteiger partial charge in [0.25, 0.3) is 0 Å². The van der Waals surface area contributed by atoms with Gasteiger partial charge in [-0.3, -0.25) is 0 Å². The Morgan fingerprint density at radius 2 is 1.62 bits per heavy atom. The molecule has 0 saturated heterocycles. The minimum Gasteiger partial charge on any atom is -0.212 e. The SMILES string of the molecule is CC(C)(c1ccccc1)c1cc[c]c(-n2nnc3ccccc32)c1. The van der Waals surface area contributed by atoms with E-state index in [1.807, 2.05) is 41.1 Å². The van der Waals surface area contributed by atoms with Gasteiger partial charge in [-0.25, -0.2) is 4.68 Å². The number of hydrogen-bond acceptors (Lipinski definition) is 2. The van der Waals surface area contributed by atoms with Crippen molar-refractivity contribution in [2.75, 3.05) is 0 Å². The number of hydrogen-bond donors (Lipinski definition) is 0. The minimum absolute atomic E-state index is 0.0957. The van der Waals surface area contributed by atoms with Crippen LogP contribution in [-0.4, -0.2) is 15.0 Å². The Bertz CT molecular complexity index is 984. The van der Waals surface area contributed by atoms with E-state index in [-0.39, 0.29) is 5.41 Å². The number of rotatable bonds is 3. The molecule has 0 bridgehead atoms. The molecule has 4 aromatic rings. The quantitative estimate of drug-likeness (QED) is 0.556. The molecule has 0 fully saturated rings. The molecule has 3 nitrogen and oxygen atoms in total. The second-order valence-corrected chi connectivity index (χ2v) is 6.44. The van der Waals surface area contributed by atoms with Gasteiger partial charge in [0.05, 0.1) is 11.2 Å². The first kappa shape index (κ1) is 14.6. The topological polar surface area (TPSA) is 30.7 Å². The smallest absolute Gasteiger partial charge is 0.113 e. The summed E-state index contributed by atoms with van der Waals surface area (Å²) in [6, 6.07) is 28.0. The third-order valence-corrected chi connectivity index (χ3v) is 4.58. The van der Waals surface area contributed by atoms with E-state index < -0.39 is 0 Å². The van der Waals surface area contributed by atoms with Gasteiger partial charge in [-0.15, -0.1) is 5.10 Å². The van der Waals surface area contributed by atoms with E-state index in [0.29, 0.717) is 0 Å². The Morgan fingerprint density at radius 1 is 0.875 bits per heavy atom. The summed E-state index contributed by atoms with van der Waals surface area (Å²) >= 11 is 0. The lowest BCUT2D eigenvalue weighted by Crippen LogP contribution is -2.19. The van der Waals surface area contributed by atoms with Crippen molar-refractivity contribution < 1.29 is 0 Å². The fourth-order valence-corrected chi connectivity index (χ4v) is 3.03. The molecule has 3 aromatic carbocycles. The molecule has 0 atom stereocenters. The number of benzene rings is 3. The van der Waals surface area contributed by atoms with Crippen molar-refractivity contribution in [2.24, 2.45) is 0 Å². The molecule has 0 amide bonds. The molecule has 3 heteroatoms. The fourth-order valence-electron chi connectivity index (χ4n) is 3.03. The van der Waals surface area contributed by atoms with Gasteiger partial charge in [0, 0.05) is 11.5 Å². The summed E-state index contributed by atoms with van der Waals surface area (Å²) in [7, 11) is 0. The highest BCUT2D eigenvalue weighted by atomic mass is 15.4. The van der Waals surface area contributed by atoms with Gasteiger partial charge in [-0.05, 0) is 29.3 Å². The van der Waals surface area contributed by atoms with Crippen molar-refractivity contribution in [1.29, 1.82) is 0 Å². The number of nitrogens with zero attached hydrogens (tertiary/aromatic N) is 3. The highest BCUT2D eigenvalue weighted by Crippen LogP contribution is 2.32. The van der Waals surface area contributed by atoms with Crippen LogP contribution in [0.3, 0.4) is 0 Å². The lowest BCUT2D eigenvalue weighted by atomic mass is 9.78. The van der Waals surface area contributed by atoms with E-state index in [0.717, 1.165) is 16.7 Å². The molecule has 0 aliphatic rings. The Labute approximate surface area is 141 Å². The van der Waals surface area contributed by atoms with Gasteiger partial charge in [0.2, 0.25) is 0 Å². The van der Waals surface area contributed by atoms with Crippen LogP contribution in [0.25, 0.3) is 16.7 Å². The number of fused-ring (bicyclic) bond motifs is 1. The summed E-state index contributed by atoms with van der Waals surface area (Å²) in [4.78, 5) is 0. The predicted octanol–water partition coefficient (Wildman–Crippen LogP) is 4.55. The highest BCUT2D eigenvalue weighted by Gasteiger charge is 2.23. The minimum atomic E-state index is -0.0957. The van der Waals surface area contributed by atoms with Crippen LogP contribution >= 0.6 is 0 Å². The van der Waals surface area contributed by atoms with Crippen LogP contribution in [0.15, 0.2) is 72.8 Å². The average molecular weight is 312 g/mol. The molecule has 117 valence electrons. The van der Waals surface area contributed by atoms with Gasteiger partial charge < -0.3 is 0 Å². The van der Waals surface area contributed by atoms with Gasteiger partial charge in [-0.1, -0.05) is 73.7 Å². The Morgan fingerprint density at radius 3 is 2.46 bits per heavy atom. The zero-order valence-corrected chi connectivity index (χ0v) is 13.8. The first-order valence-electron chi connectivity index (χ1n) is 8.05. The van der Waals surface area contributed by atoms with E-state index in [1.54, 1.807) is 0 Å². The van der Waals surface area contributed by atoms with Crippen molar-refractivity contribution in [3.8, 4) is 5.69 Å². The third kappa shape index (κ3) is 2.38. The van der Waals surface area contributed by atoms with E-state index in [9.17, 15) is 0 Å². The summed E-state index contributed by atoms with van der Waals surface area (Å²) in [5, 5.41) is 8.53. The summed E-state index contributed by atoms with van der Waals surface area (Å²) in [5.41, 5.74) is 5.20. The lowest BCUT2D eigenvalue weighted by molar-refractivity contribution is 0.639. The standard InChI is InChI=1S/C21H18N3/c1-21(2,16-9-4-3-5-10-16)17-11-8-12-18(15-17)24-20-14-7-6-13-19(20)22-23-24/h3-11,13-15H,1-2H3. The summed E-state index contributed by atoms with van der Waals surface area (Å²) in [6.07, 6.45) is 0. The van der Waals surface area contributed by atoms with Gasteiger partial charge in [-0.2, -0.15) is 0 Å². The Balaban J connectivity index is 1.82. The van der Waals surface area contributed by atoms with Crippen molar-refractivity contribution in [1.82, 2.24) is 15.0 Å². The molecule has 0 aliphatic carbocycles. The van der Waals surface area contributed by atoms with Crippen LogP contribution in [0.2, 0.25) is 0 Å². The first-order valence-corrected chi connectivity index (χ1v) is 8.05. The molecule has 1 radical (unpaired) electrons. The normalized spacial score (nSPS) is 11.8. The molecular weight excluding hydrogens is 294 g/mol. The highest BCUT2D eigenvalue weighted by molar-refractivity contribution is 5.75. The maximum Gasteiger partial charge on any atom is 0.113 e. The second-order valence-electron chi connectivity index (χ2n) is 6.44. The summed E-state index contributed by atoms with van der Waals surface area (Å²) in [5.74, 6) is 0. The van der Waals surface area contributed by atoms with Crippen molar-refractivity contribution in [3.63, 3.8) is 0 Å². The van der Waals surface area contributed by atoms with Crippen molar-refractivity contribution >= 4 is 11.0 Å². The molecule has 0 N–H and O–H groups in total. The fraction of sp³-hybridized carbons (Fsp3) is 0.143. The van der Waals surface area contributed by atoms with Gasteiger partial charge in [0.15, 0.2) is 0 Å². The van der Waals surface area contributed by atoms with Crippen LogP contribution in [0, 0.1) is 6.07 Å². The van der Waals surface area contributed by atoms with Crippen LogP contribution in [-0.2, 0) is 5.41 Å². The number of aromatic nitrogens is 3. The van der Waals surface area contributed by atoms with E-state index in [1.165, 1.54) is 11.1 Å². The molecule has 0 spiro atoms. The Hall–Kier alpha value is -2.94. The molecule has 0 saturated carbocycles. The van der Waals surface area contributed by atoms with Crippen molar-refractivity contribution in [2.45, 2.75) is 19.3 Å². The largest absolute Gasteiger partial charge is 0.212 e. The third-order valence-electron chi connectivity index (χ3n) is 4.58. The molecule has 24 heavy (non-hydrogen) atoms. The zero-order valence-electron chi connectivity index (χ0n) is 13.8.